The zero-order valence-corrected chi connectivity index (χ0v) is 15.3. The van der Waals surface area contributed by atoms with Crippen molar-refractivity contribution in [3.05, 3.63) is 35.9 Å². The molecule has 138 valence electrons. The molecule has 2 fully saturated rings. The Hall–Kier alpha value is -2.37. The third-order valence-corrected chi connectivity index (χ3v) is 5.40. The third kappa shape index (κ3) is 3.20. The lowest BCUT2D eigenvalue weighted by molar-refractivity contribution is -0.122. The summed E-state index contributed by atoms with van der Waals surface area (Å²) in [5.41, 5.74) is 1.41. The highest BCUT2D eigenvalue weighted by molar-refractivity contribution is 5.99. The molecule has 0 unspecified atom stereocenters. The van der Waals surface area contributed by atoms with Gasteiger partial charge in [-0.2, -0.15) is 0 Å². The Morgan fingerprint density at radius 1 is 1.23 bits per heavy atom. The van der Waals surface area contributed by atoms with E-state index in [-0.39, 0.29) is 17.9 Å². The highest BCUT2D eigenvalue weighted by Gasteiger charge is 2.34. The summed E-state index contributed by atoms with van der Waals surface area (Å²) in [6.07, 6.45) is 7.58. The van der Waals surface area contributed by atoms with E-state index in [1.165, 1.54) is 0 Å². The highest BCUT2D eigenvalue weighted by atomic mass is 16.2. The van der Waals surface area contributed by atoms with Gasteiger partial charge in [-0.1, -0.05) is 6.07 Å². The Balaban J connectivity index is 1.63. The number of nitrogens with zero attached hydrogens (tertiary/aromatic N) is 3. The first kappa shape index (κ1) is 17.1. The van der Waals surface area contributed by atoms with Crippen molar-refractivity contribution < 1.29 is 9.59 Å². The van der Waals surface area contributed by atoms with Gasteiger partial charge in [0.05, 0.1) is 5.52 Å². The normalized spacial score (nSPS) is 20.3. The first-order valence-electron chi connectivity index (χ1n) is 9.73. The molecule has 1 saturated heterocycles. The predicted molar refractivity (Wildman–Crippen MR) is 99.1 cm³/mol. The lowest BCUT2D eigenvalue weighted by Gasteiger charge is -2.35. The van der Waals surface area contributed by atoms with E-state index in [0.717, 1.165) is 43.4 Å². The van der Waals surface area contributed by atoms with Gasteiger partial charge < -0.3 is 14.6 Å². The molecule has 0 bridgehead atoms. The molecule has 2 amide bonds. The van der Waals surface area contributed by atoms with E-state index < -0.39 is 0 Å². The number of imidazole rings is 1. The summed E-state index contributed by atoms with van der Waals surface area (Å²) in [6, 6.07) is 5.86. The molecule has 4 rings (SSSR count). The standard InChI is InChI=1S/C20H26N4O2/c1-2-21-17(25)13-15-7-3-5-11-23(15)20(26)18-16-8-4-6-12-24(16)19(22-18)14-9-10-14/h4,6,8,12,14-15H,2-3,5,7,9-11,13H2,1H3,(H,21,25)/t15-/m0/s1. The number of nitrogens with one attached hydrogen (secondary N) is 1. The molecule has 1 aliphatic heterocycles. The molecule has 6 nitrogen and oxygen atoms in total. The Bertz CT molecular complexity index is 824. The van der Waals surface area contributed by atoms with Crippen LogP contribution in [0.25, 0.3) is 5.52 Å². The maximum absolute atomic E-state index is 13.3. The van der Waals surface area contributed by atoms with Gasteiger partial charge in [0.25, 0.3) is 5.91 Å². The molecular formula is C20H26N4O2. The van der Waals surface area contributed by atoms with Gasteiger partial charge in [-0.15, -0.1) is 0 Å². The second kappa shape index (κ2) is 7.09. The smallest absolute Gasteiger partial charge is 0.274 e. The van der Waals surface area contributed by atoms with E-state index in [1.54, 1.807) is 0 Å². The summed E-state index contributed by atoms with van der Waals surface area (Å²) in [6.45, 7) is 3.24. The van der Waals surface area contributed by atoms with Crippen molar-refractivity contribution in [3.63, 3.8) is 0 Å². The Labute approximate surface area is 153 Å². The zero-order chi connectivity index (χ0) is 18.1. The van der Waals surface area contributed by atoms with Crippen molar-refractivity contribution in [3.8, 4) is 0 Å². The lowest BCUT2D eigenvalue weighted by atomic mass is 9.98. The molecule has 0 radical (unpaired) electrons. The summed E-state index contributed by atoms with van der Waals surface area (Å²) < 4.78 is 2.06. The molecule has 26 heavy (non-hydrogen) atoms. The zero-order valence-electron chi connectivity index (χ0n) is 15.3. The molecule has 1 saturated carbocycles. The number of amides is 2. The van der Waals surface area contributed by atoms with E-state index >= 15 is 0 Å². The molecule has 6 heteroatoms. The van der Waals surface area contributed by atoms with Crippen LogP contribution in [0.4, 0.5) is 0 Å². The van der Waals surface area contributed by atoms with Gasteiger partial charge in [-0.3, -0.25) is 9.59 Å². The summed E-state index contributed by atoms with van der Waals surface area (Å²) in [5.74, 6) is 1.46. The highest BCUT2D eigenvalue weighted by Crippen LogP contribution is 2.40. The molecule has 1 aliphatic carbocycles. The van der Waals surface area contributed by atoms with E-state index in [1.807, 2.05) is 36.2 Å². The van der Waals surface area contributed by atoms with Crippen LogP contribution in [0.5, 0.6) is 0 Å². The number of fused-ring (bicyclic) bond motifs is 1. The Kier molecular flexibility index (Phi) is 4.66. The minimum absolute atomic E-state index is 0.0190. The van der Waals surface area contributed by atoms with Crippen LogP contribution in [0.15, 0.2) is 24.4 Å². The molecule has 1 atom stereocenters. The van der Waals surface area contributed by atoms with Crippen molar-refractivity contribution in [2.45, 2.75) is 57.4 Å². The van der Waals surface area contributed by atoms with Crippen LogP contribution < -0.4 is 5.32 Å². The quantitative estimate of drug-likeness (QED) is 0.898. The van der Waals surface area contributed by atoms with E-state index in [9.17, 15) is 9.59 Å². The average Bonchev–Trinajstić information content (AvgIpc) is 3.42. The van der Waals surface area contributed by atoms with Crippen molar-refractivity contribution in [2.24, 2.45) is 0 Å². The average molecular weight is 354 g/mol. The van der Waals surface area contributed by atoms with Gasteiger partial charge in [-0.25, -0.2) is 4.98 Å². The molecule has 0 aromatic carbocycles. The van der Waals surface area contributed by atoms with Crippen LogP contribution in [0.2, 0.25) is 0 Å². The minimum atomic E-state index is -0.0346. The maximum atomic E-state index is 13.3. The number of pyridine rings is 1. The Morgan fingerprint density at radius 2 is 2.08 bits per heavy atom. The summed E-state index contributed by atoms with van der Waals surface area (Å²) >= 11 is 0. The molecule has 0 spiro atoms. The van der Waals surface area contributed by atoms with Crippen molar-refractivity contribution in [2.75, 3.05) is 13.1 Å². The first-order valence-corrected chi connectivity index (χ1v) is 9.73. The molecule has 2 aliphatic rings. The minimum Gasteiger partial charge on any atom is -0.356 e. The van der Waals surface area contributed by atoms with Gasteiger partial charge in [0, 0.05) is 37.7 Å². The predicted octanol–water partition coefficient (Wildman–Crippen LogP) is 2.73. The van der Waals surface area contributed by atoms with Gasteiger partial charge in [0.15, 0.2) is 5.69 Å². The topological polar surface area (TPSA) is 66.7 Å². The second-order valence-corrected chi connectivity index (χ2v) is 7.35. The molecule has 3 heterocycles. The van der Waals surface area contributed by atoms with Crippen molar-refractivity contribution >= 4 is 17.3 Å². The molecule has 2 aromatic heterocycles. The number of hydrogen-bond acceptors (Lipinski definition) is 3. The van der Waals surface area contributed by atoms with E-state index in [2.05, 4.69) is 9.72 Å². The number of aromatic nitrogens is 2. The van der Waals surface area contributed by atoms with Gasteiger partial charge in [0.1, 0.15) is 5.82 Å². The SMILES string of the molecule is CCNC(=O)C[C@@H]1CCCCN1C(=O)c1nc(C2CC2)n2ccccc12. The fourth-order valence-corrected chi connectivity index (χ4v) is 3.95. The fourth-order valence-electron chi connectivity index (χ4n) is 3.95. The number of likely N-dealkylation sites (tertiary alicyclic amines) is 1. The van der Waals surface area contributed by atoms with Crippen LogP contribution in [0.3, 0.4) is 0 Å². The number of piperidine rings is 1. The summed E-state index contributed by atoms with van der Waals surface area (Å²) in [4.78, 5) is 32.0. The third-order valence-electron chi connectivity index (χ3n) is 5.40. The summed E-state index contributed by atoms with van der Waals surface area (Å²) in [5, 5.41) is 2.85. The number of rotatable bonds is 5. The fraction of sp³-hybridized carbons (Fsp3) is 0.550. The largest absolute Gasteiger partial charge is 0.356 e. The Morgan fingerprint density at radius 3 is 2.85 bits per heavy atom. The molecule has 1 N–H and O–H groups in total. The van der Waals surface area contributed by atoms with E-state index in [4.69, 9.17) is 4.98 Å². The number of carbonyl (C=O) groups is 2. The molecular weight excluding hydrogens is 328 g/mol. The van der Waals surface area contributed by atoms with Gasteiger partial charge in [-0.05, 0) is 51.2 Å². The lowest BCUT2D eigenvalue weighted by Crippen LogP contribution is -2.46. The van der Waals surface area contributed by atoms with Crippen molar-refractivity contribution in [1.82, 2.24) is 19.6 Å². The van der Waals surface area contributed by atoms with Gasteiger partial charge >= 0.3 is 0 Å². The van der Waals surface area contributed by atoms with Crippen LogP contribution in [0.1, 0.15) is 67.7 Å². The molecule has 2 aromatic rings. The monoisotopic (exact) mass is 354 g/mol. The number of carbonyl (C=O) groups excluding carboxylic acids is 2. The van der Waals surface area contributed by atoms with Crippen LogP contribution in [-0.4, -0.2) is 45.2 Å². The number of hydrogen-bond donors (Lipinski definition) is 1. The first-order chi connectivity index (χ1) is 12.7. The van der Waals surface area contributed by atoms with Gasteiger partial charge in [0.2, 0.25) is 5.91 Å². The van der Waals surface area contributed by atoms with Crippen LogP contribution in [-0.2, 0) is 4.79 Å². The van der Waals surface area contributed by atoms with E-state index in [0.29, 0.717) is 31.1 Å². The van der Waals surface area contributed by atoms with Crippen LogP contribution >= 0.6 is 0 Å². The second-order valence-electron chi connectivity index (χ2n) is 7.35. The maximum Gasteiger partial charge on any atom is 0.274 e. The van der Waals surface area contributed by atoms with Crippen LogP contribution in [0, 0.1) is 0 Å². The van der Waals surface area contributed by atoms with Crippen molar-refractivity contribution in [1.29, 1.82) is 0 Å². The summed E-state index contributed by atoms with van der Waals surface area (Å²) in [7, 11) is 0.